The highest BCUT2D eigenvalue weighted by Gasteiger charge is 2.36. The van der Waals surface area contributed by atoms with Gasteiger partial charge in [0.1, 0.15) is 16.9 Å². The van der Waals surface area contributed by atoms with E-state index in [2.05, 4.69) is 9.88 Å². The van der Waals surface area contributed by atoms with Gasteiger partial charge in [-0.2, -0.15) is 0 Å². The number of halogens is 1. The summed E-state index contributed by atoms with van der Waals surface area (Å²) in [5.41, 5.74) is 3.68. The SMILES string of the molecule is Cc1c(N2C(=O)CSC2c2ccc(F)cc2)ccc(C(=O)Oc2cccnc2)c1CN1CCOCC1. The predicted octanol–water partition coefficient (Wildman–Crippen LogP) is 4.36. The van der Waals surface area contributed by atoms with Crippen molar-refractivity contribution in [3.63, 3.8) is 0 Å². The minimum atomic E-state index is -0.474. The van der Waals surface area contributed by atoms with Crippen LogP contribution in [0.4, 0.5) is 10.1 Å². The highest BCUT2D eigenvalue weighted by Crippen LogP contribution is 2.43. The number of aromatic nitrogens is 1. The highest BCUT2D eigenvalue weighted by molar-refractivity contribution is 8.00. The second-order valence-electron chi connectivity index (χ2n) is 8.68. The molecule has 2 fully saturated rings. The third-order valence-electron chi connectivity index (χ3n) is 6.40. The fraction of sp³-hybridized carbons (Fsp3) is 0.296. The molecule has 2 aromatic carbocycles. The van der Waals surface area contributed by atoms with Crippen LogP contribution in [-0.4, -0.2) is 53.8 Å². The fourth-order valence-corrected chi connectivity index (χ4v) is 5.68. The van der Waals surface area contributed by atoms with Crippen molar-refractivity contribution in [1.29, 1.82) is 0 Å². The van der Waals surface area contributed by atoms with Crippen LogP contribution >= 0.6 is 11.8 Å². The van der Waals surface area contributed by atoms with Crippen LogP contribution in [0, 0.1) is 12.7 Å². The van der Waals surface area contributed by atoms with E-state index < -0.39 is 5.97 Å². The van der Waals surface area contributed by atoms with Crippen LogP contribution in [0.3, 0.4) is 0 Å². The summed E-state index contributed by atoms with van der Waals surface area (Å²) in [7, 11) is 0. The van der Waals surface area contributed by atoms with E-state index in [4.69, 9.17) is 9.47 Å². The van der Waals surface area contributed by atoms with Crippen LogP contribution < -0.4 is 9.64 Å². The number of benzene rings is 2. The molecule has 36 heavy (non-hydrogen) atoms. The number of pyridine rings is 1. The second-order valence-corrected chi connectivity index (χ2v) is 9.75. The van der Waals surface area contributed by atoms with Crippen LogP contribution in [0.5, 0.6) is 5.75 Å². The number of thioether (sulfide) groups is 1. The van der Waals surface area contributed by atoms with Gasteiger partial charge in [0.25, 0.3) is 0 Å². The molecular formula is C27H26FN3O4S. The van der Waals surface area contributed by atoms with Crippen molar-refractivity contribution in [3.8, 4) is 5.75 Å². The van der Waals surface area contributed by atoms with Crippen LogP contribution in [-0.2, 0) is 16.1 Å². The lowest BCUT2D eigenvalue weighted by molar-refractivity contribution is -0.115. The summed E-state index contributed by atoms with van der Waals surface area (Å²) in [4.78, 5) is 34.3. The van der Waals surface area contributed by atoms with E-state index >= 15 is 0 Å². The van der Waals surface area contributed by atoms with E-state index in [1.807, 2.05) is 6.92 Å². The van der Waals surface area contributed by atoms with Crippen LogP contribution in [0.15, 0.2) is 60.9 Å². The summed E-state index contributed by atoms with van der Waals surface area (Å²) >= 11 is 1.50. The number of anilines is 1. The molecule has 0 bridgehead atoms. The molecule has 5 rings (SSSR count). The Hall–Kier alpha value is -3.27. The molecule has 0 N–H and O–H groups in total. The maximum Gasteiger partial charge on any atom is 0.343 e. The van der Waals surface area contributed by atoms with E-state index in [9.17, 15) is 14.0 Å². The Labute approximate surface area is 213 Å². The minimum absolute atomic E-state index is 0.0274. The molecule has 0 spiro atoms. The van der Waals surface area contributed by atoms with E-state index in [1.54, 1.807) is 47.5 Å². The number of amides is 1. The Morgan fingerprint density at radius 2 is 1.94 bits per heavy atom. The smallest absolute Gasteiger partial charge is 0.343 e. The number of morpholine rings is 1. The molecule has 2 aliphatic heterocycles. The van der Waals surface area contributed by atoms with Gasteiger partial charge in [-0.3, -0.25) is 19.6 Å². The largest absolute Gasteiger partial charge is 0.421 e. The number of esters is 1. The third kappa shape index (κ3) is 5.13. The lowest BCUT2D eigenvalue weighted by Gasteiger charge is -2.31. The number of hydrogen-bond donors (Lipinski definition) is 0. The van der Waals surface area contributed by atoms with Gasteiger partial charge < -0.3 is 9.47 Å². The molecule has 1 aromatic heterocycles. The summed E-state index contributed by atoms with van der Waals surface area (Å²) in [5.74, 6) is -0.131. The molecule has 2 aliphatic rings. The number of rotatable bonds is 6. The number of carbonyl (C=O) groups excluding carboxylic acids is 2. The molecular weight excluding hydrogens is 481 g/mol. The van der Waals surface area contributed by atoms with Crippen molar-refractivity contribution >= 4 is 29.3 Å². The Bertz CT molecular complexity index is 1250. The molecule has 2 saturated heterocycles. The van der Waals surface area contributed by atoms with E-state index in [0.29, 0.717) is 36.8 Å². The van der Waals surface area contributed by atoms with E-state index in [0.717, 1.165) is 35.5 Å². The minimum Gasteiger partial charge on any atom is -0.421 e. The fourth-order valence-electron chi connectivity index (χ4n) is 4.51. The molecule has 9 heteroatoms. The van der Waals surface area contributed by atoms with Crippen LogP contribution in [0.25, 0.3) is 0 Å². The van der Waals surface area contributed by atoms with Crippen molar-refractivity contribution in [2.24, 2.45) is 0 Å². The first-order valence-corrected chi connectivity index (χ1v) is 12.8. The van der Waals surface area contributed by atoms with Gasteiger partial charge in [-0.15, -0.1) is 11.8 Å². The zero-order valence-electron chi connectivity index (χ0n) is 19.9. The molecule has 3 heterocycles. The van der Waals surface area contributed by atoms with Gasteiger partial charge >= 0.3 is 5.97 Å². The van der Waals surface area contributed by atoms with Gasteiger partial charge in [-0.05, 0) is 60.0 Å². The van der Waals surface area contributed by atoms with Crippen LogP contribution in [0.1, 0.15) is 32.4 Å². The second kappa shape index (κ2) is 10.8. The maximum atomic E-state index is 13.5. The zero-order valence-corrected chi connectivity index (χ0v) is 20.7. The van der Waals surface area contributed by atoms with Crippen molar-refractivity contribution in [2.75, 3.05) is 37.0 Å². The zero-order chi connectivity index (χ0) is 25.1. The van der Waals surface area contributed by atoms with Gasteiger partial charge in [0.15, 0.2) is 0 Å². The molecule has 186 valence electrons. The lowest BCUT2D eigenvalue weighted by atomic mass is 9.98. The van der Waals surface area contributed by atoms with E-state index in [-0.39, 0.29) is 17.1 Å². The summed E-state index contributed by atoms with van der Waals surface area (Å²) < 4.78 is 24.6. The highest BCUT2D eigenvalue weighted by atomic mass is 32.2. The topological polar surface area (TPSA) is 72.0 Å². The first-order valence-electron chi connectivity index (χ1n) is 11.7. The van der Waals surface area contributed by atoms with Crippen molar-refractivity contribution < 1.29 is 23.5 Å². The summed E-state index contributed by atoms with van der Waals surface area (Å²) in [6.45, 7) is 5.21. The monoisotopic (exact) mass is 507 g/mol. The van der Waals surface area contributed by atoms with Gasteiger partial charge in [-0.25, -0.2) is 9.18 Å². The summed E-state index contributed by atoms with van der Waals surface area (Å²) in [5, 5.41) is -0.277. The Balaban J connectivity index is 1.53. The quantitative estimate of drug-likeness (QED) is 0.459. The van der Waals surface area contributed by atoms with Gasteiger partial charge in [0, 0.05) is 31.5 Å². The standard InChI is InChI=1S/C27H26FN3O4S/c1-18-23(16-30-11-13-34-14-12-30)22(27(33)35-21-3-2-10-29-15-21)8-9-24(18)31-25(32)17-36-26(31)19-4-6-20(28)7-5-19/h2-10,15,26H,11-14,16-17H2,1H3. The molecule has 1 amide bonds. The molecule has 1 unspecified atom stereocenters. The average molecular weight is 508 g/mol. The lowest BCUT2D eigenvalue weighted by Crippen LogP contribution is -2.36. The number of nitrogens with zero attached hydrogens (tertiary/aromatic N) is 3. The predicted molar refractivity (Wildman–Crippen MR) is 136 cm³/mol. The Kier molecular flexibility index (Phi) is 7.31. The molecule has 3 aromatic rings. The maximum absolute atomic E-state index is 13.5. The summed E-state index contributed by atoms with van der Waals surface area (Å²) in [6.07, 6.45) is 3.11. The first-order chi connectivity index (χ1) is 17.5. The van der Waals surface area contributed by atoms with Crippen molar-refractivity contribution in [3.05, 3.63) is 89.0 Å². The molecule has 1 atom stereocenters. The number of ether oxygens (including phenoxy) is 2. The molecule has 7 nitrogen and oxygen atoms in total. The molecule has 0 aliphatic carbocycles. The normalized spacial score (nSPS) is 18.4. The summed E-state index contributed by atoms with van der Waals surface area (Å²) in [6, 6.07) is 13.2. The average Bonchev–Trinajstić information content (AvgIpc) is 3.27. The molecule has 0 radical (unpaired) electrons. The third-order valence-corrected chi connectivity index (χ3v) is 7.62. The van der Waals surface area contributed by atoms with Gasteiger partial charge in [-0.1, -0.05) is 12.1 Å². The number of carbonyl (C=O) groups is 2. The van der Waals surface area contributed by atoms with Crippen molar-refractivity contribution in [1.82, 2.24) is 9.88 Å². The Morgan fingerprint density at radius 3 is 2.67 bits per heavy atom. The first kappa shape index (κ1) is 24.4. The number of hydrogen-bond acceptors (Lipinski definition) is 7. The van der Waals surface area contributed by atoms with E-state index in [1.165, 1.54) is 30.1 Å². The van der Waals surface area contributed by atoms with Gasteiger partial charge in [0.05, 0.1) is 30.7 Å². The van der Waals surface area contributed by atoms with Crippen LogP contribution in [0.2, 0.25) is 0 Å². The van der Waals surface area contributed by atoms with Gasteiger partial charge in [0.2, 0.25) is 5.91 Å². The van der Waals surface area contributed by atoms with Crippen molar-refractivity contribution in [2.45, 2.75) is 18.8 Å². The molecule has 0 saturated carbocycles. The Morgan fingerprint density at radius 1 is 1.17 bits per heavy atom.